The van der Waals surface area contributed by atoms with Crippen LogP contribution in [0.15, 0.2) is 42.7 Å². The van der Waals surface area contributed by atoms with Crippen LogP contribution in [0.2, 0.25) is 0 Å². The smallest absolute Gasteiger partial charge is 0.267 e. The third-order valence-electron chi connectivity index (χ3n) is 4.99. The summed E-state index contributed by atoms with van der Waals surface area (Å²) < 4.78 is 25.2. The van der Waals surface area contributed by atoms with Gasteiger partial charge in [0, 0.05) is 31.1 Å². The number of aliphatic hydroxyl groups is 1. The second kappa shape index (κ2) is 8.24. The number of alkyl halides is 2. The number of rotatable bonds is 4. The zero-order valence-electron chi connectivity index (χ0n) is 16.6. The first-order valence-corrected chi connectivity index (χ1v) is 9.61. The van der Waals surface area contributed by atoms with Gasteiger partial charge in [0.1, 0.15) is 11.8 Å². The third kappa shape index (κ3) is 4.29. The number of amides is 1. The second-order valence-corrected chi connectivity index (χ2v) is 7.23. The van der Waals surface area contributed by atoms with Gasteiger partial charge in [0.2, 0.25) is 5.60 Å². The molecule has 0 radical (unpaired) electrons. The number of benzene rings is 1. The van der Waals surface area contributed by atoms with E-state index in [1.54, 1.807) is 37.4 Å². The Kier molecular flexibility index (Phi) is 5.48. The normalized spacial score (nSPS) is 18.4. The fourth-order valence-corrected chi connectivity index (χ4v) is 3.31. The highest BCUT2D eigenvalue weighted by molar-refractivity contribution is 5.90. The first-order chi connectivity index (χ1) is 14.9. The molecule has 1 fully saturated rings. The Bertz CT molecular complexity index is 1210. The summed E-state index contributed by atoms with van der Waals surface area (Å²) in [6, 6.07) is 10.7. The fourth-order valence-electron chi connectivity index (χ4n) is 3.31. The Balaban J connectivity index is 1.66. The number of carbonyl (C=O) groups is 1. The average Bonchev–Trinajstić information content (AvgIpc) is 3.04. The highest BCUT2D eigenvalue weighted by Crippen LogP contribution is 2.25. The molecule has 3 aromatic rings. The zero-order chi connectivity index (χ0) is 22.0. The number of nitrogens with one attached hydrogen (secondary N) is 1. The van der Waals surface area contributed by atoms with E-state index in [1.807, 2.05) is 6.07 Å². The molecule has 1 aliphatic rings. The van der Waals surface area contributed by atoms with Gasteiger partial charge in [0.25, 0.3) is 12.3 Å². The van der Waals surface area contributed by atoms with Gasteiger partial charge in [-0.25, -0.2) is 23.7 Å². The molecule has 9 heteroatoms. The Morgan fingerprint density at radius 2 is 2.13 bits per heavy atom. The first kappa shape index (κ1) is 20.6. The van der Waals surface area contributed by atoms with Crippen LogP contribution in [0.1, 0.15) is 12.0 Å². The topological polar surface area (TPSA) is 91.2 Å². The molecule has 1 amide bonds. The van der Waals surface area contributed by atoms with Crippen LogP contribution < -0.4 is 5.32 Å². The number of likely N-dealkylation sites (tertiary alicyclic amines) is 1. The van der Waals surface area contributed by atoms with Gasteiger partial charge in [-0.05, 0) is 24.3 Å². The van der Waals surface area contributed by atoms with Crippen LogP contribution in [0, 0.1) is 11.8 Å². The van der Waals surface area contributed by atoms with Gasteiger partial charge in [-0.2, -0.15) is 0 Å². The van der Waals surface area contributed by atoms with Gasteiger partial charge < -0.3 is 15.3 Å². The van der Waals surface area contributed by atoms with Crippen molar-refractivity contribution in [3.63, 3.8) is 0 Å². The summed E-state index contributed by atoms with van der Waals surface area (Å²) in [6.07, 6.45) is -0.972. The van der Waals surface area contributed by atoms with Crippen LogP contribution >= 0.6 is 0 Å². The predicted octanol–water partition coefficient (Wildman–Crippen LogP) is 2.31. The SMILES string of the molecule is CN1CC[C@@](O)(C#Cc2cccc(-c3ccc4ncnc(NCC(F)F)c4n3)c2)C1=O. The van der Waals surface area contributed by atoms with Gasteiger partial charge in [-0.3, -0.25) is 4.79 Å². The van der Waals surface area contributed by atoms with Crippen LogP contribution in [-0.2, 0) is 4.79 Å². The van der Waals surface area contributed by atoms with E-state index in [2.05, 4.69) is 32.1 Å². The first-order valence-electron chi connectivity index (χ1n) is 9.61. The number of pyridine rings is 1. The minimum Gasteiger partial charge on any atom is -0.369 e. The van der Waals surface area contributed by atoms with Crippen molar-refractivity contribution in [2.45, 2.75) is 18.4 Å². The van der Waals surface area contributed by atoms with E-state index in [0.29, 0.717) is 28.8 Å². The molecular weight excluding hydrogens is 404 g/mol. The van der Waals surface area contributed by atoms with E-state index in [0.717, 1.165) is 5.56 Å². The molecule has 0 saturated carbocycles. The Morgan fingerprint density at radius 3 is 2.87 bits per heavy atom. The number of likely N-dealkylation sites (N-methyl/N-ethyl adjacent to an activating group) is 1. The number of nitrogens with zero attached hydrogens (tertiary/aromatic N) is 4. The molecule has 1 aromatic carbocycles. The number of aromatic nitrogens is 3. The molecule has 0 spiro atoms. The summed E-state index contributed by atoms with van der Waals surface area (Å²) in [4.78, 5) is 26.2. The highest BCUT2D eigenvalue weighted by atomic mass is 19.3. The van der Waals surface area contributed by atoms with Crippen molar-refractivity contribution in [1.82, 2.24) is 19.9 Å². The summed E-state index contributed by atoms with van der Waals surface area (Å²) in [5.74, 6) is 5.39. The van der Waals surface area contributed by atoms with Gasteiger partial charge in [0.05, 0.1) is 17.8 Å². The van der Waals surface area contributed by atoms with E-state index < -0.39 is 24.5 Å². The monoisotopic (exact) mass is 423 g/mol. The minimum absolute atomic E-state index is 0.231. The summed E-state index contributed by atoms with van der Waals surface area (Å²) in [5, 5.41) is 13.1. The number of halogens is 2. The number of anilines is 1. The number of carbonyl (C=O) groups excluding carboxylic acids is 1. The maximum absolute atomic E-state index is 12.6. The number of fused-ring (bicyclic) bond motifs is 1. The zero-order valence-corrected chi connectivity index (χ0v) is 16.6. The van der Waals surface area contributed by atoms with Crippen molar-refractivity contribution >= 4 is 22.8 Å². The van der Waals surface area contributed by atoms with Crippen LogP contribution in [0.5, 0.6) is 0 Å². The molecule has 3 heterocycles. The maximum atomic E-state index is 12.6. The van der Waals surface area contributed by atoms with Crippen LogP contribution in [0.3, 0.4) is 0 Å². The Labute approximate surface area is 177 Å². The molecule has 7 nitrogen and oxygen atoms in total. The lowest BCUT2D eigenvalue weighted by molar-refractivity contribution is -0.137. The lowest BCUT2D eigenvalue weighted by atomic mass is 10.0. The van der Waals surface area contributed by atoms with Gasteiger partial charge in [0.15, 0.2) is 5.82 Å². The quantitative estimate of drug-likeness (QED) is 0.626. The van der Waals surface area contributed by atoms with E-state index in [1.165, 1.54) is 11.2 Å². The van der Waals surface area contributed by atoms with Crippen molar-refractivity contribution in [2.24, 2.45) is 0 Å². The van der Waals surface area contributed by atoms with Crippen molar-refractivity contribution in [3.05, 3.63) is 48.3 Å². The molecule has 0 aliphatic carbocycles. The van der Waals surface area contributed by atoms with E-state index >= 15 is 0 Å². The minimum atomic E-state index is -2.52. The second-order valence-electron chi connectivity index (χ2n) is 7.23. The van der Waals surface area contributed by atoms with E-state index in [-0.39, 0.29) is 12.2 Å². The van der Waals surface area contributed by atoms with Gasteiger partial charge in [-0.15, -0.1) is 0 Å². The standard InChI is InChI=1S/C22H19F2N5O2/c1-29-10-9-22(31,21(29)30)8-7-14-3-2-4-15(11-14)16-5-6-17-19(28-16)20(27-13-26-17)25-12-18(23)24/h2-6,11,13,18,31H,9-10,12H2,1H3,(H,25,26,27)/t22-/m0/s1. The summed E-state index contributed by atoms with van der Waals surface area (Å²) in [6.45, 7) is -0.0883. The van der Waals surface area contributed by atoms with Gasteiger partial charge >= 0.3 is 0 Å². The summed E-state index contributed by atoms with van der Waals surface area (Å²) >= 11 is 0. The Morgan fingerprint density at radius 1 is 1.29 bits per heavy atom. The maximum Gasteiger partial charge on any atom is 0.267 e. The van der Waals surface area contributed by atoms with Crippen molar-refractivity contribution < 1.29 is 18.7 Å². The highest BCUT2D eigenvalue weighted by Gasteiger charge is 2.42. The molecular formula is C22H19F2N5O2. The van der Waals surface area contributed by atoms with E-state index in [9.17, 15) is 18.7 Å². The molecule has 1 aliphatic heterocycles. The molecule has 2 aromatic heterocycles. The molecule has 158 valence electrons. The van der Waals surface area contributed by atoms with Gasteiger partial charge in [-0.1, -0.05) is 24.0 Å². The van der Waals surface area contributed by atoms with Crippen molar-refractivity contribution in [3.8, 4) is 23.1 Å². The number of hydrogen-bond acceptors (Lipinski definition) is 6. The van der Waals surface area contributed by atoms with Crippen LogP contribution in [-0.4, -0.2) is 63.0 Å². The molecule has 1 saturated heterocycles. The predicted molar refractivity (Wildman–Crippen MR) is 111 cm³/mol. The van der Waals surface area contributed by atoms with Crippen LogP contribution in [0.4, 0.5) is 14.6 Å². The molecule has 0 bridgehead atoms. The summed E-state index contributed by atoms with van der Waals surface area (Å²) in [7, 11) is 1.63. The largest absolute Gasteiger partial charge is 0.369 e. The summed E-state index contributed by atoms with van der Waals surface area (Å²) in [5.41, 5.74) is 1.16. The average molecular weight is 423 g/mol. The Hall–Kier alpha value is -3.64. The molecule has 31 heavy (non-hydrogen) atoms. The van der Waals surface area contributed by atoms with E-state index in [4.69, 9.17) is 0 Å². The van der Waals surface area contributed by atoms with Crippen molar-refractivity contribution in [1.29, 1.82) is 0 Å². The number of hydrogen-bond donors (Lipinski definition) is 2. The third-order valence-corrected chi connectivity index (χ3v) is 4.99. The molecule has 0 unspecified atom stereocenters. The molecule has 4 rings (SSSR count). The fraction of sp³-hybridized carbons (Fsp3) is 0.273. The van der Waals surface area contributed by atoms with Crippen LogP contribution in [0.25, 0.3) is 22.3 Å². The lowest BCUT2D eigenvalue weighted by Crippen LogP contribution is -2.37. The molecule has 2 N–H and O–H groups in total. The lowest BCUT2D eigenvalue weighted by Gasteiger charge is -2.13. The molecule has 1 atom stereocenters. The van der Waals surface area contributed by atoms with Crippen molar-refractivity contribution in [2.75, 3.05) is 25.5 Å².